The molecule has 5 nitrogen and oxygen atoms in total. The molecule has 1 aliphatic rings. The molecule has 1 aliphatic heterocycles. The molecule has 1 heterocycles. The summed E-state index contributed by atoms with van der Waals surface area (Å²) >= 11 is 5.87. The van der Waals surface area contributed by atoms with Crippen LogP contribution < -0.4 is 5.32 Å². The summed E-state index contributed by atoms with van der Waals surface area (Å²) in [4.78, 5) is 13.1. The summed E-state index contributed by atoms with van der Waals surface area (Å²) in [6.07, 6.45) is 2.14. The molecule has 1 amide bonds. The number of nitrogens with zero attached hydrogens (tertiary/aromatic N) is 1. The minimum absolute atomic E-state index is 0.125. The minimum Gasteiger partial charge on any atom is -0.325 e. The van der Waals surface area contributed by atoms with E-state index in [2.05, 4.69) is 5.32 Å². The molecule has 1 N–H and O–H groups in total. The molecule has 0 radical (unpaired) electrons. The third-order valence-corrected chi connectivity index (χ3v) is 7.33. The monoisotopic (exact) mass is 420 g/mol. The molecule has 1 atom stereocenters. The van der Waals surface area contributed by atoms with Gasteiger partial charge in [-0.3, -0.25) is 4.79 Å². The van der Waals surface area contributed by atoms with Crippen molar-refractivity contribution in [1.29, 1.82) is 0 Å². The number of amides is 1. The number of sulfonamides is 1. The standard InChI is InChI=1S/C21H25ClN2O3S/c1-3-16-7-4-6-15(2)20(16)23-21(25)17-8-5-13-24(14-17)28(26,27)19-11-9-18(22)10-12-19/h4,6-7,9-12,17H,3,5,8,13-14H2,1-2H3,(H,23,25)/t17-/m0/s1. The Hall–Kier alpha value is -1.89. The molecule has 2 aromatic rings. The molecular formula is C21H25ClN2O3S. The summed E-state index contributed by atoms with van der Waals surface area (Å²) in [6, 6.07) is 12.1. The highest BCUT2D eigenvalue weighted by molar-refractivity contribution is 7.89. The number of halogens is 1. The van der Waals surface area contributed by atoms with Crippen molar-refractivity contribution in [2.24, 2.45) is 5.92 Å². The Morgan fingerprint density at radius 2 is 1.93 bits per heavy atom. The number of hydrogen-bond acceptors (Lipinski definition) is 3. The van der Waals surface area contributed by atoms with Gasteiger partial charge in [-0.25, -0.2) is 8.42 Å². The highest BCUT2D eigenvalue weighted by atomic mass is 35.5. The van der Waals surface area contributed by atoms with E-state index in [9.17, 15) is 13.2 Å². The molecule has 7 heteroatoms. The van der Waals surface area contributed by atoms with Crippen molar-refractivity contribution in [2.45, 2.75) is 38.0 Å². The van der Waals surface area contributed by atoms with E-state index < -0.39 is 10.0 Å². The summed E-state index contributed by atoms with van der Waals surface area (Å²) in [6.45, 7) is 4.61. The lowest BCUT2D eigenvalue weighted by Gasteiger charge is -2.31. The third kappa shape index (κ3) is 4.40. The summed E-state index contributed by atoms with van der Waals surface area (Å²) in [5.41, 5.74) is 2.93. The lowest BCUT2D eigenvalue weighted by molar-refractivity contribution is -0.120. The van der Waals surface area contributed by atoms with Crippen LogP contribution in [0.1, 0.15) is 30.9 Å². The number of carbonyl (C=O) groups is 1. The van der Waals surface area contributed by atoms with Crippen LogP contribution in [0.2, 0.25) is 5.02 Å². The van der Waals surface area contributed by atoms with Gasteiger partial charge in [0.25, 0.3) is 0 Å². The first kappa shape index (κ1) is 20.8. The summed E-state index contributed by atoms with van der Waals surface area (Å²) in [7, 11) is -3.64. The fourth-order valence-electron chi connectivity index (χ4n) is 3.56. The van der Waals surface area contributed by atoms with E-state index in [1.165, 1.54) is 16.4 Å². The van der Waals surface area contributed by atoms with Crippen molar-refractivity contribution in [1.82, 2.24) is 4.31 Å². The predicted molar refractivity (Wildman–Crippen MR) is 112 cm³/mol. The fourth-order valence-corrected chi connectivity index (χ4v) is 5.21. The number of hydrogen-bond donors (Lipinski definition) is 1. The lowest BCUT2D eigenvalue weighted by atomic mass is 9.98. The molecule has 2 aromatic carbocycles. The van der Waals surface area contributed by atoms with Crippen LogP contribution in [-0.4, -0.2) is 31.7 Å². The second-order valence-electron chi connectivity index (χ2n) is 7.11. The zero-order valence-corrected chi connectivity index (χ0v) is 17.7. The van der Waals surface area contributed by atoms with Crippen molar-refractivity contribution in [3.63, 3.8) is 0 Å². The zero-order valence-electron chi connectivity index (χ0n) is 16.1. The van der Waals surface area contributed by atoms with Crippen LogP contribution in [0.25, 0.3) is 0 Å². The molecule has 28 heavy (non-hydrogen) atoms. The molecule has 3 rings (SSSR count). The smallest absolute Gasteiger partial charge is 0.243 e. The van der Waals surface area contributed by atoms with Crippen molar-refractivity contribution >= 4 is 33.2 Å². The number of nitrogens with one attached hydrogen (secondary N) is 1. The largest absolute Gasteiger partial charge is 0.325 e. The molecule has 150 valence electrons. The Morgan fingerprint density at radius 1 is 1.21 bits per heavy atom. The Balaban J connectivity index is 1.76. The van der Waals surface area contributed by atoms with E-state index in [4.69, 9.17) is 11.6 Å². The van der Waals surface area contributed by atoms with Crippen molar-refractivity contribution < 1.29 is 13.2 Å². The molecule has 0 saturated carbocycles. The molecule has 0 spiro atoms. The van der Waals surface area contributed by atoms with Crippen LogP contribution in [0.3, 0.4) is 0 Å². The van der Waals surface area contributed by atoms with Gasteiger partial charge in [0.15, 0.2) is 0 Å². The van der Waals surface area contributed by atoms with Gasteiger partial charge in [0.1, 0.15) is 0 Å². The van der Waals surface area contributed by atoms with Gasteiger partial charge in [-0.15, -0.1) is 0 Å². The second kappa shape index (κ2) is 8.64. The van der Waals surface area contributed by atoms with E-state index in [1.54, 1.807) is 12.1 Å². The number of carbonyl (C=O) groups excluding carboxylic acids is 1. The Labute approximate surface area is 171 Å². The quantitative estimate of drug-likeness (QED) is 0.786. The average molecular weight is 421 g/mol. The van der Waals surface area contributed by atoms with Crippen LogP contribution >= 0.6 is 11.6 Å². The van der Waals surface area contributed by atoms with Gasteiger partial charge in [-0.1, -0.05) is 36.7 Å². The van der Waals surface area contributed by atoms with Crippen LogP contribution in [0.4, 0.5) is 5.69 Å². The maximum absolute atomic E-state index is 12.9. The highest BCUT2D eigenvalue weighted by Crippen LogP contribution is 2.27. The van der Waals surface area contributed by atoms with Gasteiger partial charge >= 0.3 is 0 Å². The summed E-state index contributed by atoms with van der Waals surface area (Å²) in [5.74, 6) is -0.500. The predicted octanol–water partition coefficient (Wildman–Crippen LogP) is 4.25. The topological polar surface area (TPSA) is 66.5 Å². The number of rotatable bonds is 5. The minimum atomic E-state index is -3.64. The van der Waals surface area contributed by atoms with Gasteiger partial charge in [0.05, 0.1) is 10.8 Å². The molecule has 0 bridgehead atoms. The number of benzene rings is 2. The molecule has 1 saturated heterocycles. The lowest BCUT2D eigenvalue weighted by Crippen LogP contribution is -2.43. The zero-order chi connectivity index (χ0) is 20.3. The van der Waals surface area contributed by atoms with E-state index in [1.807, 2.05) is 32.0 Å². The van der Waals surface area contributed by atoms with Crippen LogP contribution in [0, 0.1) is 12.8 Å². The summed E-state index contributed by atoms with van der Waals surface area (Å²) in [5, 5.41) is 3.53. The fraction of sp³-hybridized carbons (Fsp3) is 0.381. The van der Waals surface area contributed by atoms with Crippen molar-refractivity contribution in [3.05, 3.63) is 58.6 Å². The molecule has 1 fully saturated rings. The number of anilines is 1. The number of aryl methyl sites for hydroxylation is 2. The highest BCUT2D eigenvalue weighted by Gasteiger charge is 2.33. The first-order valence-electron chi connectivity index (χ1n) is 9.48. The normalized spacial score (nSPS) is 18.0. The van der Waals surface area contributed by atoms with Crippen molar-refractivity contribution in [2.75, 3.05) is 18.4 Å². The Morgan fingerprint density at radius 3 is 2.61 bits per heavy atom. The van der Waals surface area contributed by atoms with Crippen molar-refractivity contribution in [3.8, 4) is 0 Å². The second-order valence-corrected chi connectivity index (χ2v) is 9.48. The van der Waals surface area contributed by atoms with E-state index in [0.29, 0.717) is 24.4 Å². The van der Waals surface area contributed by atoms with Gasteiger partial charge in [-0.2, -0.15) is 4.31 Å². The number of para-hydroxylation sites is 1. The maximum atomic E-state index is 12.9. The average Bonchev–Trinajstić information content (AvgIpc) is 2.70. The van der Waals surface area contributed by atoms with Gasteiger partial charge < -0.3 is 5.32 Å². The van der Waals surface area contributed by atoms with Gasteiger partial charge in [0, 0.05) is 23.8 Å². The van der Waals surface area contributed by atoms with E-state index in [-0.39, 0.29) is 23.3 Å². The summed E-state index contributed by atoms with van der Waals surface area (Å²) < 4.78 is 27.3. The van der Waals surface area contributed by atoms with Gasteiger partial charge in [0.2, 0.25) is 15.9 Å². The van der Waals surface area contributed by atoms with E-state index >= 15 is 0 Å². The molecule has 0 aliphatic carbocycles. The van der Waals surface area contributed by atoms with Crippen LogP contribution in [-0.2, 0) is 21.2 Å². The van der Waals surface area contributed by atoms with Crippen LogP contribution in [0.15, 0.2) is 47.4 Å². The number of piperidine rings is 1. The molecular weight excluding hydrogens is 396 g/mol. The van der Waals surface area contributed by atoms with E-state index in [0.717, 1.165) is 23.2 Å². The van der Waals surface area contributed by atoms with Crippen LogP contribution in [0.5, 0.6) is 0 Å². The first-order chi connectivity index (χ1) is 13.3. The third-order valence-electron chi connectivity index (χ3n) is 5.19. The molecule has 0 aromatic heterocycles. The first-order valence-corrected chi connectivity index (χ1v) is 11.3. The SMILES string of the molecule is CCc1cccc(C)c1NC(=O)[C@H]1CCCN(S(=O)(=O)c2ccc(Cl)cc2)C1. The Kier molecular flexibility index (Phi) is 6.43. The maximum Gasteiger partial charge on any atom is 0.243 e. The Bertz CT molecular complexity index is 958. The molecule has 0 unspecified atom stereocenters. The van der Waals surface area contributed by atoms with Gasteiger partial charge in [-0.05, 0) is 61.6 Å².